The van der Waals surface area contributed by atoms with E-state index < -0.39 is 0 Å². The summed E-state index contributed by atoms with van der Waals surface area (Å²) in [4.78, 5) is 38.5. The van der Waals surface area contributed by atoms with Gasteiger partial charge in [0.15, 0.2) is 0 Å². The number of piperidine rings is 1. The van der Waals surface area contributed by atoms with Crippen molar-refractivity contribution in [3.05, 3.63) is 102 Å². The Morgan fingerprint density at radius 1 is 0.773 bits per heavy atom. The van der Waals surface area contributed by atoms with Crippen molar-refractivity contribution in [1.82, 2.24) is 14.5 Å². The molecule has 0 bridgehead atoms. The molecule has 0 spiro atoms. The molecule has 1 N–H and O–H groups in total. The van der Waals surface area contributed by atoms with Crippen LogP contribution < -0.4 is 15.1 Å². The smallest absolute Gasteiger partial charge is 0.258 e. The molecule has 3 heterocycles. The first-order valence-corrected chi connectivity index (χ1v) is 16.0. The van der Waals surface area contributed by atoms with Crippen molar-refractivity contribution in [2.45, 2.75) is 45.4 Å². The maximum Gasteiger partial charge on any atom is 0.258 e. The number of anilines is 3. The van der Waals surface area contributed by atoms with Crippen molar-refractivity contribution in [2.75, 3.05) is 54.4 Å². The van der Waals surface area contributed by atoms with Gasteiger partial charge in [0.05, 0.1) is 22.6 Å². The predicted molar refractivity (Wildman–Crippen MR) is 177 cm³/mol. The summed E-state index contributed by atoms with van der Waals surface area (Å²) < 4.78 is 1.95. The zero-order valence-corrected chi connectivity index (χ0v) is 25.6. The summed E-state index contributed by atoms with van der Waals surface area (Å²) >= 11 is 0. The van der Waals surface area contributed by atoms with Crippen LogP contribution in [0.15, 0.2) is 85.2 Å². The third kappa shape index (κ3) is 6.55. The van der Waals surface area contributed by atoms with Gasteiger partial charge in [-0.25, -0.2) is 4.98 Å². The van der Waals surface area contributed by atoms with E-state index in [9.17, 15) is 9.59 Å². The Labute approximate surface area is 260 Å². The first-order valence-electron chi connectivity index (χ1n) is 16.0. The average molecular weight is 591 g/mol. The summed E-state index contributed by atoms with van der Waals surface area (Å²) in [5.74, 6) is 0.657. The molecular formula is C36H42N6O2. The summed E-state index contributed by atoms with van der Waals surface area (Å²) in [6.45, 7) is 8.22. The minimum absolute atomic E-state index is 0.0250. The number of rotatable bonds is 9. The topological polar surface area (TPSA) is 73.7 Å². The van der Waals surface area contributed by atoms with E-state index in [0.29, 0.717) is 23.4 Å². The fraction of sp³-hybridized carbons (Fsp3) is 0.361. The lowest BCUT2D eigenvalue weighted by molar-refractivity contribution is 0.0986. The van der Waals surface area contributed by atoms with E-state index in [0.717, 1.165) is 61.8 Å². The first kappa shape index (κ1) is 29.6. The van der Waals surface area contributed by atoms with Crippen molar-refractivity contribution < 1.29 is 9.59 Å². The molecule has 0 radical (unpaired) electrons. The van der Waals surface area contributed by atoms with Gasteiger partial charge in [-0.05, 0) is 93.8 Å². The second-order valence-electron chi connectivity index (χ2n) is 11.7. The van der Waals surface area contributed by atoms with E-state index in [4.69, 9.17) is 0 Å². The second-order valence-corrected chi connectivity index (χ2v) is 11.7. The van der Waals surface area contributed by atoms with Gasteiger partial charge in [0, 0.05) is 49.7 Å². The van der Waals surface area contributed by atoms with Crippen molar-refractivity contribution >= 4 is 28.9 Å². The molecule has 2 aliphatic heterocycles. The van der Waals surface area contributed by atoms with Crippen LogP contribution in [-0.2, 0) is 6.42 Å². The van der Waals surface area contributed by atoms with E-state index in [-0.39, 0.29) is 11.8 Å². The first-order chi connectivity index (χ1) is 21.6. The van der Waals surface area contributed by atoms with E-state index in [1.54, 1.807) is 30.5 Å². The van der Waals surface area contributed by atoms with Crippen LogP contribution in [0.25, 0.3) is 5.69 Å². The van der Waals surface area contributed by atoms with Gasteiger partial charge in [-0.2, -0.15) is 0 Å². The lowest BCUT2D eigenvalue weighted by Crippen LogP contribution is -2.33. The molecule has 1 fully saturated rings. The number of para-hydroxylation sites is 3. The van der Waals surface area contributed by atoms with Crippen LogP contribution in [0.3, 0.4) is 0 Å². The molecule has 0 atom stereocenters. The Balaban J connectivity index is 1.13. The van der Waals surface area contributed by atoms with Gasteiger partial charge >= 0.3 is 0 Å². The molecule has 8 heteroatoms. The Morgan fingerprint density at radius 2 is 1.50 bits per heavy atom. The fourth-order valence-corrected chi connectivity index (χ4v) is 6.47. The van der Waals surface area contributed by atoms with Gasteiger partial charge in [0.25, 0.3) is 11.8 Å². The summed E-state index contributed by atoms with van der Waals surface area (Å²) in [6, 6.07) is 23.0. The molecule has 3 aromatic carbocycles. The number of likely N-dealkylation sites (tertiary alicyclic amines) is 1. The number of nitrogens with zero attached hydrogens (tertiary/aromatic N) is 5. The number of aromatic nitrogens is 2. The van der Waals surface area contributed by atoms with Crippen LogP contribution in [0.4, 0.5) is 17.1 Å². The number of benzene rings is 3. The van der Waals surface area contributed by atoms with Gasteiger partial charge in [-0.15, -0.1) is 0 Å². The van der Waals surface area contributed by atoms with Gasteiger partial charge in [-0.3, -0.25) is 9.59 Å². The number of hydrogen-bond donors (Lipinski definition) is 1. The minimum Gasteiger partial charge on any atom is -0.370 e. The third-order valence-corrected chi connectivity index (χ3v) is 8.75. The molecule has 1 saturated heterocycles. The van der Waals surface area contributed by atoms with Crippen molar-refractivity contribution in [1.29, 1.82) is 0 Å². The van der Waals surface area contributed by atoms with E-state index >= 15 is 0 Å². The maximum atomic E-state index is 13.8. The highest BCUT2D eigenvalue weighted by atomic mass is 16.2. The monoisotopic (exact) mass is 590 g/mol. The molecule has 0 unspecified atom stereocenters. The number of imidazole rings is 1. The Morgan fingerprint density at radius 3 is 2.27 bits per heavy atom. The van der Waals surface area contributed by atoms with E-state index in [1.165, 1.54) is 32.4 Å². The van der Waals surface area contributed by atoms with E-state index in [2.05, 4.69) is 38.3 Å². The zero-order valence-electron chi connectivity index (χ0n) is 25.6. The van der Waals surface area contributed by atoms with Crippen LogP contribution >= 0.6 is 0 Å². The number of nitrogens with one attached hydrogen (secondary N) is 1. The lowest BCUT2D eigenvalue weighted by atomic mass is 10.1. The molecular weight excluding hydrogens is 548 g/mol. The molecule has 1 aromatic heterocycles. The van der Waals surface area contributed by atoms with Gasteiger partial charge in [-0.1, -0.05) is 37.6 Å². The van der Waals surface area contributed by atoms with Crippen molar-refractivity contribution in [3.8, 4) is 5.69 Å². The van der Waals surface area contributed by atoms with Crippen LogP contribution in [0.2, 0.25) is 0 Å². The molecule has 8 nitrogen and oxygen atoms in total. The molecule has 0 aliphatic carbocycles. The maximum absolute atomic E-state index is 13.8. The predicted octanol–water partition coefficient (Wildman–Crippen LogP) is 6.42. The number of fused-ring (bicyclic) bond motifs is 1. The van der Waals surface area contributed by atoms with Crippen molar-refractivity contribution in [3.63, 3.8) is 0 Å². The summed E-state index contributed by atoms with van der Waals surface area (Å²) in [7, 11) is 0. The SMILES string of the molecule is CCc1nccn1-c1ccccc1C(=O)Nc1ccc(C(=O)N2CCCN(CCCN3CCCCC3)c3ccccc32)cc1. The van der Waals surface area contributed by atoms with Crippen LogP contribution in [-0.4, -0.2) is 65.5 Å². The lowest BCUT2D eigenvalue weighted by Gasteiger charge is -2.29. The standard InChI is InChI=1S/C36H42N6O2/c1-2-34-37-20-27-41(34)31-13-5-4-12-30(31)35(43)38-29-18-16-28(17-19-29)36(44)42-26-11-25-40(32-14-6-7-15-33(32)42)24-10-23-39-21-8-3-9-22-39/h4-7,12-20,27H,2-3,8-11,21-26H2,1H3,(H,38,43). The highest BCUT2D eigenvalue weighted by Gasteiger charge is 2.26. The highest BCUT2D eigenvalue weighted by molar-refractivity contribution is 6.09. The minimum atomic E-state index is -0.211. The molecule has 228 valence electrons. The van der Waals surface area contributed by atoms with E-state index in [1.807, 2.05) is 52.9 Å². The number of carbonyl (C=O) groups excluding carboxylic acids is 2. The summed E-state index contributed by atoms with van der Waals surface area (Å²) in [5.41, 5.74) is 4.67. The summed E-state index contributed by atoms with van der Waals surface area (Å²) in [6.07, 6.45) is 10.4. The molecule has 2 amide bonds. The van der Waals surface area contributed by atoms with Gasteiger partial charge in [0.1, 0.15) is 5.82 Å². The quantitative estimate of drug-likeness (QED) is 0.244. The Bertz CT molecular complexity index is 1570. The fourth-order valence-electron chi connectivity index (χ4n) is 6.47. The highest BCUT2D eigenvalue weighted by Crippen LogP contribution is 2.33. The van der Waals surface area contributed by atoms with Gasteiger partial charge < -0.3 is 24.6 Å². The second kappa shape index (κ2) is 13.9. The van der Waals surface area contributed by atoms with Crippen LogP contribution in [0.5, 0.6) is 0 Å². The number of carbonyl (C=O) groups is 2. The number of amides is 2. The molecule has 2 aliphatic rings. The van der Waals surface area contributed by atoms with Crippen LogP contribution in [0.1, 0.15) is 65.6 Å². The molecule has 6 rings (SSSR count). The largest absolute Gasteiger partial charge is 0.370 e. The molecule has 4 aromatic rings. The molecule has 0 saturated carbocycles. The third-order valence-electron chi connectivity index (χ3n) is 8.75. The number of hydrogen-bond acceptors (Lipinski definition) is 5. The van der Waals surface area contributed by atoms with Crippen molar-refractivity contribution in [2.24, 2.45) is 0 Å². The van der Waals surface area contributed by atoms with Gasteiger partial charge in [0.2, 0.25) is 0 Å². The normalized spacial score (nSPS) is 15.5. The van der Waals surface area contributed by atoms with Crippen LogP contribution in [0, 0.1) is 0 Å². The summed E-state index contributed by atoms with van der Waals surface area (Å²) in [5, 5.41) is 3.01. The average Bonchev–Trinajstić information content (AvgIpc) is 3.48. The Kier molecular flexibility index (Phi) is 9.37. The Hall–Kier alpha value is -4.43. The number of aryl methyl sites for hydroxylation is 1. The zero-order chi connectivity index (χ0) is 30.3. The molecule has 44 heavy (non-hydrogen) atoms.